The molecule has 0 aliphatic rings. The first-order valence-electron chi connectivity index (χ1n) is 6.16. The molecule has 2 rings (SSSR count). The number of carbonyl (C=O) groups excluding carboxylic acids is 1. The third kappa shape index (κ3) is 4.90. The Morgan fingerprint density at radius 1 is 1.43 bits per heavy atom. The molecular weight excluding hydrogens is 326 g/mol. The van der Waals surface area contributed by atoms with Crippen LogP contribution in [0, 0.1) is 0 Å². The summed E-state index contributed by atoms with van der Waals surface area (Å²) in [4.78, 5) is 16.2. The Morgan fingerprint density at radius 2 is 2.24 bits per heavy atom. The van der Waals surface area contributed by atoms with E-state index in [0.29, 0.717) is 23.6 Å². The molecule has 0 saturated carbocycles. The van der Waals surface area contributed by atoms with Crippen LogP contribution in [0.2, 0.25) is 0 Å². The van der Waals surface area contributed by atoms with Gasteiger partial charge in [0, 0.05) is 12.2 Å². The predicted octanol–water partition coefficient (Wildman–Crippen LogP) is 3.39. The number of ether oxygens (including phenoxy) is 1. The largest absolute Gasteiger partial charge is 0.495 e. The second kappa shape index (κ2) is 8.26. The van der Waals surface area contributed by atoms with Crippen molar-refractivity contribution in [2.24, 2.45) is 0 Å². The van der Waals surface area contributed by atoms with Crippen LogP contribution >= 0.6 is 35.1 Å². The van der Waals surface area contributed by atoms with Gasteiger partial charge in [-0.3, -0.25) is 4.79 Å². The monoisotopic (exact) mass is 341 g/mol. The molecule has 1 aromatic heterocycles. The van der Waals surface area contributed by atoms with E-state index < -0.39 is 0 Å². The van der Waals surface area contributed by atoms with E-state index in [-0.39, 0.29) is 5.91 Å². The lowest BCUT2D eigenvalue weighted by atomic mass is 10.3. The van der Waals surface area contributed by atoms with Crippen LogP contribution < -0.4 is 10.1 Å². The molecule has 0 saturated heterocycles. The molecule has 1 N–H and O–H groups in total. The van der Waals surface area contributed by atoms with E-state index in [9.17, 15) is 4.79 Å². The van der Waals surface area contributed by atoms with Crippen molar-refractivity contribution < 1.29 is 9.53 Å². The van der Waals surface area contributed by atoms with E-state index in [1.54, 1.807) is 18.9 Å². The highest BCUT2D eigenvalue weighted by molar-refractivity contribution is 8.01. The molecule has 0 aliphatic heterocycles. The van der Waals surface area contributed by atoms with Crippen LogP contribution in [0.25, 0.3) is 0 Å². The molecule has 0 spiro atoms. The van der Waals surface area contributed by atoms with Crippen molar-refractivity contribution >= 4 is 46.7 Å². The number of rotatable bonds is 7. The van der Waals surface area contributed by atoms with E-state index in [1.807, 2.05) is 30.5 Å². The normalized spacial score (nSPS) is 10.4. The Morgan fingerprint density at radius 3 is 2.95 bits per heavy atom. The van der Waals surface area contributed by atoms with Crippen molar-refractivity contribution in [3.05, 3.63) is 24.3 Å². The fourth-order valence-electron chi connectivity index (χ4n) is 1.53. The van der Waals surface area contributed by atoms with E-state index in [2.05, 4.69) is 14.7 Å². The number of amides is 1. The molecule has 2 aromatic rings. The maximum absolute atomic E-state index is 11.9. The lowest BCUT2D eigenvalue weighted by Crippen LogP contribution is -2.12. The molecule has 112 valence electrons. The van der Waals surface area contributed by atoms with Gasteiger partial charge in [-0.1, -0.05) is 35.7 Å². The average molecular weight is 341 g/mol. The first-order chi connectivity index (χ1) is 10.2. The number of nitrogens with one attached hydrogen (secondary N) is 1. The lowest BCUT2D eigenvalue weighted by molar-refractivity contribution is -0.115. The average Bonchev–Trinajstić information content (AvgIpc) is 2.96. The van der Waals surface area contributed by atoms with Crippen molar-refractivity contribution in [1.82, 2.24) is 9.36 Å². The molecule has 0 aliphatic carbocycles. The third-order valence-electron chi connectivity index (χ3n) is 2.51. The quantitative estimate of drug-likeness (QED) is 0.779. The summed E-state index contributed by atoms with van der Waals surface area (Å²) in [6.07, 6.45) is 2.36. The minimum Gasteiger partial charge on any atom is -0.495 e. The number of carbonyl (C=O) groups is 1. The number of para-hydroxylation sites is 2. The fraction of sp³-hybridized carbons (Fsp3) is 0.308. The summed E-state index contributed by atoms with van der Waals surface area (Å²) >= 11 is 4.43. The second-order valence-electron chi connectivity index (χ2n) is 3.89. The maximum atomic E-state index is 11.9. The van der Waals surface area contributed by atoms with Gasteiger partial charge < -0.3 is 10.1 Å². The zero-order chi connectivity index (χ0) is 15.1. The van der Waals surface area contributed by atoms with Crippen LogP contribution in [-0.2, 0) is 4.79 Å². The summed E-state index contributed by atoms with van der Waals surface area (Å²) < 4.78 is 10.3. The van der Waals surface area contributed by atoms with E-state index in [4.69, 9.17) is 4.74 Å². The smallest absolute Gasteiger partial charge is 0.225 e. The van der Waals surface area contributed by atoms with Crippen LogP contribution in [0.1, 0.15) is 6.42 Å². The fourth-order valence-corrected chi connectivity index (χ4v) is 3.75. The summed E-state index contributed by atoms with van der Waals surface area (Å²) in [7, 11) is 1.58. The van der Waals surface area contributed by atoms with Crippen LogP contribution in [0.3, 0.4) is 0 Å². The highest BCUT2D eigenvalue weighted by Crippen LogP contribution is 2.25. The number of thioether (sulfide) groups is 2. The number of benzene rings is 1. The van der Waals surface area contributed by atoms with Gasteiger partial charge in [-0.2, -0.15) is 4.37 Å². The third-order valence-corrected chi connectivity index (χ3v) is 5.01. The minimum absolute atomic E-state index is 0.0402. The lowest BCUT2D eigenvalue weighted by Gasteiger charge is -2.09. The van der Waals surface area contributed by atoms with Crippen molar-refractivity contribution in [2.45, 2.75) is 15.9 Å². The number of nitrogens with zero attached hydrogens (tertiary/aromatic N) is 2. The van der Waals surface area contributed by atoms with Gasteiger partial charge in [0.15, 0.2) is 4.34 Å². The topological polar surface area (TPSA) is 64.1 Å². The zero-order valence-electron chi connectivity index (χ0n) is 11.7. The first-order valence-corrected chi connectivity index (χ1v) is 9.14. The number of hydrogen-bond acceptors (Lipinski definition) is 7. The summed E-state index contributed by atoms with van der Waals surface area (Å²) in [6.45, 7) is 0. The van der Waals surface area contributed by atoms with Gasteiger partial charge in [-0.15, -0.1) is 0 Å². The molecule has 0 fully saturated rings. The Labute approximate surface area is 136 Å². The van der Waals surface area contributed by atoms with Gasteiger partial charge >= 0.3 is 0 Å². The van der Waals surface area contributed by atoms with Crippen LogP contribution in [-0.4, -0.2) is 34.4 Å². The van der Waals surface area contributed by atoms with Crippen molar-refractivity contribution in [3.8, 4) is 5.75 Å². The molecule has 0 bridgehead atoms. The summed E-state index contributed by atoms with van der Waals surface area (Å²) in [5.41, 5.74) is 0.690. The van der Waals surface area contributed by atoms with Gasteiger partial charge in [0.1, 0.15) is 5.75 Å². The summed E-state index contributed by atoms with van der Waals surface area (Å²) in [5, 5.41) is 3.63. The molecule has 1 amide bonds. The number of aromatic nitrogens is 2. The Bertz CT molecular complexity index is 604. The SMILES string of the molecule is COc1ccccc1NC(=O)CCSc1nc(SC)ns1. The highest BCUT2D eigenvalue weighted by atomic mass is 32.2. The molecule has 1 aromatic carbocycles. The van der Waals surface area contributed by atoms with Crippen molar-refractivity contribution in [3.63, 3.8) is 0 Å². The van der Waals surface area contributed by atoms with Gasteiger partial charge in [0.2, 0.25) is 11.1 Å². The van der Waals surface area contributed by atoms with E-state index in [1.165, 1.54) is 23.3 Å². The molecule has 0 atom stereocenters. The standard InChI is InChI=1S/C13H15N3O2S3/c1-18-10-6-4-3-5-9(10)14-11(17)7-8-20-13-15-12(19-2)16-21-13/h3-6H,7-8H2,1-2H3,(H,14,17). The molecule has 0 unspecified atom stereocenters. The zero-order valence-corrected chi connectivity index (χ0v) is 14.1. The molecule has 5 nitrogen and oxygen atoms in total. The summed E-state index contributed by atoms with van der Waals surface area (Å²) in [5.74, 6) is 1.29. The van der Waals surface area contributed by atoms with Crippen LogP contribution in [0.5, 0.6) is 5.75 Å². The van der Waals surface area contributed by atoms with Crippen LogP contribution in [0.15, 0.2) is 33.8 Å². The number of anilines is 1. The number of methoxy groups -OCH3 is 1. The predicted molar refractivity (Wildman–Crippen MR) is 88.7 cm³/mol. The second-order valence-corrected chi connectivity index (χ2v) is 6.76. The Balaban J connectivity index is 1.79. The van der Waals surface area contributed by atoms with E-state index in [0.717, 1.165) is 9.50 Å². The molecule has 1 heterocycles. The van der Waals surface area contributed by atoms with Gasteiger partial charge in [-0.05, 0) is 29.9 Å². The van der Waals surface area contributed by atoms with Gasteiger partial charge in [0.25, 0.3) is 0 Å². The van der Waals surface area contributed by atoms with Gasteiger partial charge in [-0.25, -0.2) is 4.98 Å². The van der Waals surface area contributed by atoms with Crippen molar-refractivity contribution in [2.75, 3.05) is 24.4 Å². The molecule has 21 heavy (non-hydrogen) atoms. The number of hydrogen-bond donors (Lipinski definition) is 1. The summed E-state index contributed by atoms with van der Waals surface area (Å²) in [6, 6.07) is 7.36. The maximum Gasteiger partial charge on any atom is 0.225 e. The molecular formula is C13H15N3O2S3. The molecule has 8 heteroatoms. The van der Waals surface area contributed by atoms with Crippen LogP contribution in [0.4, 0.5) is 5.69 Å². The minimum atomic E-state index is -0.0402. The van der Waals surface area contributed by atoms with E-state index >= 15 is 0 Å². The Kier molecular flexibility index (Phi) is 6.34. The van der Waals surface area contributed by atoms with Gasteiger partial charge in [0.05, 0.1) is 12.8 Å². The Hall–Kier alpha value is -1.25. The first kappa shape index (κ1) is 16.1. The highest BCUT2D eigenvalue weighted by Gasteiger charge is 2.08. The van der Waals surface area contributed by atoms with Crippen molar-refractivity contribution in [1.29, 1.82) is 0 Å². The molecule has 0 radical (unpaired) electrons.